The van der Waals surface area contributed by atoms with Crippen LogP contribution in [0.5, 0.6) is 0 Å². The van der Waals surface area contributed by atoms with Crippen molar-refractivity contribution in [3.05, 3.63) is 51.7 Å². The van der Waals surface area contributed by atoms with E-state index >= 15 is 0 Å². The maximum absolute atomic E-state index is 12.9. The van der Waals surface area contributed by atoms with E-state index in [0.29, 0.717) is 18.0 Å². The van der Waals surface area contributed by atoms with Crippen LogP contribution in [0.1, 0.15) is 59.4 Å². The molecule has 1 aromatic carbocycles. The van der Waals surface area contributed by atoms with Crippen molar-refractivity contribution in [2.45, 2.75) is 45.1 Å². The summed E-state index contributed by atoms with van der Waals surface area (Å²) < 4.78 is 0. The number of nitrogens with zero attached hydrogens (tertiary/aromatic N) is 1. The molecule has 0 unspecified atom stereocenters. The fourth-order valence-electron chi connectivity index (χ4n) is 4.27. The summed E-state index contributed by atoms with van der Waals surface area (Å²) in [6, 6.07) is 9.99. The lowest BCUT2D eigenvalue weighted by atomic mass is 9.96. The summed E-state index contributed by atoms with van der Waals surface area (Å²) in [5.74, 6) is 0.569. The second kappa shape index (κ2) is 7.23. The fraction of sp³-hybridized carbons (Fsp3) is 0.429. The minimum atomic E-state index is -0.0145. The van der Waals surface area contributed by atoms with Crippen LogP contribution in [0.25, 0.3) is 0 Å². The minimum Gasteiger partial charge on any atom is -0.344 e. The summed E-state index contributed by atoms with van der Waals surface area (Å²) in [5, 5.41) is 5.37. The summed E-state index contributed by atoms with van der Waals surface area (Å²) in [4.78, 5) is 27.7. The van der Waals surface area contributed by atoms with E-state index in [9.17, 15) is 9.59 Å². The van der Waals surface area contributed by atoms with E-state index < -0.39 is 0 Å². The Balaban J connectivity index is 1.54. The number of carbonyl (C=O) groups is 2. The number of fused-ring (bicyclic) bond motifs is 1. The van der Waals surface area contributed by atoms with Crippen LogP contribution >= 0.6 is 11.3 Å². The van der Waals surface area contributed by atoms with E-state index in [0.717, 1.165) is 17.7 Å². The molecule has 0 radical (unpaired) electrons. The van der Waals surface area contributed by atoms with Crippen molar-refractivity contribution in [1.29, 1.82) is 0 Å². The molecule has 1 N–H and O–H groups in total. The standard InChI is InChI=1S/C21H24N2O2S/c1-14(24)23-11-10-16-13-17(8-9-18(16)23)21(25)22-20(15-5-2-3-6-15)19-7-4-12-26-19/h4,7-9,12-13,15,20H,2-3,5-6,10-11H2,1H3,(H,22,25)/t20-/m1/s1. The van der Waals surface area contributed by atoms with Crippen LogP contribution in [0.15, 0.2) is 35.7 Å². The van der Waals surface area contributed by atoms with Crippen molar-refractivity contribution >= 4 is 28.8 Å². The van der Waals surface area contributed by atoms with Crippen LogP contribution in [0.3, 0.4) is 0 Å². The zero-order chi connectivity index (χ0) is 18.1. The van der Waals surface area contributed by atoms with E-state index in [2.05, 4.69) is 22.8 Å². The third-order valence-corrected chi connectivity index (χ3v) is 6.58. The Morgan fingerprint density at radius 3 is 2.73 bits per heavy atom. The molecule has 0 spiro atoms. The molecule has 1 fully saturated rings. The Labute approximate surface area is 158 Å². The number of benzene rings is 1. The molecule has 1 saturated carbocycles. The predicted octanol–water partition coefficient (Wildman–Crippen LogP) is 4.32. The van der Waals surface area contributed by atoms with Gasteiger partial charge in [0, 0.05) is 29.6 Å². The number of hydrogen-bond donors (Lipinski definition) is 1. The van der Waals surface area contributed by atoms with Gasteiger partial charge < -0.3 is 10.2 Å². The molecular weight excluding hydrogens is 344 g/mol. The number of thiophene rings is 1. The Kier molecular flexibility index (Phi) is 4.81. The third-order valence-electron chi connectivity index (χ3n) is 5.62. The van der Waals surface area contributed by atoms with E-state index in [1.165, 1.54) is 30.6 Å². The highest BCUT2D eigenvalue weighted by molar-refractivity contribution is 7.10. The molecule has 2 heterocycles. The van der Waals surface area contributed by atoms with Gasteiger partial charge in [-0.1, -0.05) is 18.9 Å². The van der Waals surface area contributed by atoms with Gasteiger partial charge in [-0.15, -0.1) is 11.3 Å². The molecule has 1 aliphatic carbocycles. The van der Waals surface area contributed by atoms with Gasteiger partial charge in [-0.25, -0.2) is 0 Å². The van der Waals surface area contributed by atoms with Gasteiger partial charge in [0.05, 0.1) is 6.04 Å². The van der Waals surface area contributed by atoms with E-state index in [-0.39, 0.29) is 17.9 Å². The molecule has 2 amide bonds. The second-order valence-corrected chi connectivity index (χ2v) is 8.25. The normalized spacial score (nSPS) is 18.0. The largest absolute Gasteiger partial charge is 0.344 e. The number of anilines is 1. The fourth-order valence-corrected chi connectivity index (χ4v) is 5.14. The summed E-state index contributed by atoms with van der Waals surface area (Å²) >= 11 is 1.72. The van der Waals surface area contributed by atoms with Crippen molar-refractivity contribution in [2.24, 2.45) is 5.92 Å². The zero-order valence-electron chi connectivity index (χ0n) is 15.0. The van der Waals surface area contributed by atoms with Crippen LogP contribution in [0.2, 0.25) is 0 Å². The zero-order valence-corrected chi connectivity index (χ0v) is 15.8. The number of amides is 2. The lowest BCUT2D eigenvalue weighted by Gasteiger charge is -2.24. The van der Waals surface area contributed by atoms with Crippen molar-refractivity contribution in [3.63, 3.8) is 0 Å². The average molecular weight is 369 g/mol. The second-order valence-electron chi connectivity index (χ2n) is 7.28. The van der Waals surface area contributed by atoms with Crippen LogP contribution in [-0.2, 0) is 11.2 Å². The first-order valence-corrected chi connectivity index (χ1v) is 10.3. The van der Waals surface area contributed by atoms with Crippen molar-refractivity contribution in [3.8, 4) is 0 Å². The Bertz CT molecular complexity index is 809. The van der Waals surface area contributed by atoms with Gasteiger partial charge in [-0.05, 0) is 60.4 Å². The Morgan fingerprint density at radius 1 is 1.23 bits per heavy atom. The predicted molar refractivity (Wildman–Crippen MR) is 105 cm³/mol. The van der Waals surface area contributed by atoms with Crippen LogP contribution in [-0.4, -0.2) is 18.4 Å². The molecule has 0 saturated heterocycles. The summed E-state index contributed by atoms with van der Waals surface area (Å²) in [6.07, 6.45) is 5.68. The number of rotatable bonds is 4. The Morgan fingerprint density at radius 2 is 2.04 bits per heavy atom. The Hall–Kier alpha value is -2.14. The average Bonchev–Trinajstić information content (AvgIpc) is 3.40. The minimum absolute atomic E-state index is 0.0145. The van der Waals surface area contributed by atoms with Crippen molar-refractivity contribution in [2.75, 3.05) is 11.4 Å². The van der Waals surface area contributed by atoms with Gasteiger partial charge in [0.1, 0.15) is 0 Å². The smallest absolute Gasteiger partial charge is 0.251 e. The molecule has 1 aliphatic heterocycles. The topological polar surface area (TPSA) is 49.4 Å². The molecule has 136 valence electrons. The van der Waals surface area contributed by atoms with Crippen molar-refractivity contribution < 1.29 is 9.59 Å². The highest BCUT2D eigenvalue weighted by Crippen LogP contribution is 2.37. The van der Waals surface area contributed by atoms with Gasteiger partial charge >= 0.3 is 0 Å². The molecule has 1 atom stereocenters. The van der Waals surface area contributed by atoms with Gasteiger partial charge in [0.25, 0.3) is 5.91 Å². The lowest BCUT2D eigenvalue weighted by Crippen LogP contribution is -2.32. The number of nitrogens with one attached hydrogen (secondary N) is 1. The highest BCUT2D eigenvalue weighted by atomic mass is 32.1. The van der Waals surface area contributed by atoms with Gasteiger partial charge in [0.15, 0.2) is 0 Å². The van der Waals surface area contributed by atoms with Crippen LogP contribution in [0.4, 0.5) is 5.69 Å². The van der Waals surface area contributed by atoms with Crippen LogP contribution in [0, 0.1) is 5.92 Å². The lowest BCUT2D eigenvalue weighted by molar-refractivity contribution is -0.116. The third kappa shape index (κ3) is 3.28. The quantitative estimate of drug-likeness (QED) is 0.874. The van der Waals surface area contributed by atoms with Gasteiger partial charge in [-0.2, -0.15) is 0 Å². The first kappa shape index (κ1) is 17.3. The van der Waals surface area contributed by atoms with E-state index in [1.807, 2.05) is 18.2 Å². The highest BCUT2D eigenvalue weighted by Gasteiger charge is 2.29. The van der Waals surface area contributed by atoms with E-state index in [4.69, 9.17) is 0 Å². The molecule has 5 heteroatoms. The molecule has 1 aromatic heterocycles. The molecule has 2 aliphatic rings. The van der Waals surface area contributed by atoms with Gasteiger partial charge in [-0.3, -0.25) is 9.59 Å². The first-order valence-electron chi connectivity index (χ1n) is 9.39. The molecule has 26 heavy (non-hydrogen) atoms. The molecular formula is C21H24N2O2S. The number of carbonyl (C=O) groups excluding carboxylic acids is 2. The van der Waals surface area contributed by atoms with E-state index in [1.54, 1.807) is 23.2 Å². The monoisotopic (exact) mass is 368 g/mol. The molecule has 0 bridgehead atoms. The van der Waals surface area contributed by atoms with Crippen LogP contribution < -0.4 is 10.2 Å². The molecule has 4 nitrogen and oxygen atoms in total. The summed E-state index contributed by atoms with van der Waals surface area (Å²) in [7, 11) is 0. The van der Waals surface area contributed by atoms with Crippen molar-refractivity contribution in [1.82, 2.24) is 5.32 Å². The maximum atomic E-state index is 12.9. The first-order chi connectivity index (χ1) is 12.6. The molecule has 4 rings (SSSR count). The summed E-state index contributed by atoms with van der Waals surface area (Å²) in [6.45, 7) is 2.29. The molecule has 2 aromatic rings. The maximum Gasteiger partial charge on any atom is 0.251 e. The summed E-state index contributed by atoms with van der Waals surface area (Å²) in [5.41, 5.74) is 2.72. The van der Waals surface area contributed by atoms with Gasteiger partial charge in [0.2, 0.25) is 5.91 Å². The SMILES string of the molecule is CC(=O)N1CCc2cc(C(=O)N[C@@H](c3cccs3)C3CCCC3)ccc21. The number of hydrogen-bond acceptors (Lipinski definition) is 3.